The number of para-hydroxylation sites is 1. The maximum Gasteiger partial charge on any atom is 0.320 e. The number of benzene rings is 2. The number of nitrogens with zero attached hydrogens (tertiary/aromatic N) is 1. The van der Waals surface area contributed by atoms with Crippen molar-refractivity contribution in [2.75, 3.05) is 26.3 Å². The summed E-state index contributed by atoms with van der Waals surface area (Å²) in [6, 6.07) is 9.88. The monoisotopic (exact) mass is 443 g/mol. The number of carbonyl (C=O) groups is 1. The van der Waals surface area contributed by atoms with Crippen LogP contribution in [0.15, 0.2) is 42.5 Å². The zero-order chi connectivity index (χ0) is 22.7. The predicted octanol–water partition coefficient (Wildman–Crippen LogP) is 4.91. The molecule has 2 aliphatic rings. The van der Waals surface area contributed by atoms with Crippen LogP contribution in [-0.4, -0.2) is 42.8 Å². The molecule has 7 heteroatoms. The molecule has 0 aliphatic carbocycles. The Kier molecular flexibility index (Phi) is 6.46. The van der Waals surface area contributed by atoms with E-state index in [1.807, 2.05) is 41.3 Å². The van der Waals surface area contributed by atoms with Crippen LogP contribution in [0.25, 0.3) is 6.08 Å². The van der Waals surface area contributed by atoms with Gasteiger partial charge in [-0.15, -0.1) is 0 Å². The molecular weight excluding hydrogens is 416 g/mol. The molecular formula is C25H27F2NO4. The highest BCUT2D eigenvalue weighted by Gasteiger charge is 2.43. The maximum atomic E-state index is 14.7. The summed E-state index contributed by atoms with van der Waals surface area (Å²) in [5.41, 5.74) is 0.792. The Labute approximate surface area is 186 Å². The standard InChI is InChI=1S/C25H27F2NO4/c1-3-30-23(29)16-28-12-11-25(10-9-17-7-5-6-8-22(17)32-25)15-21(28)18-13-19(26)24(31-4-2)20(27)14-18/h5-10,13-14,21H,3-4,11-12,15-16H2,1-2H3. The maximum absolute atomic E-state index is 14.7. The van der Waals surface area contributed by atoms with Crippen LogP contribution >= 0.6 is 0 Å². The number of esters is 1. The van der Waals surface area contributed by atoms with Gasteiger partial charge < -0.3 is 14.2 Å². The van der Waals surface area contributed by atoms with E-state index in [0.29, 0.717) is 24.9 Å². The van der Waals surface area contributed by atoms with E-state index < -0.39 is 23.3 Å². The third-order valence-electron chi connectivity index (χ3n) is 5.93. The number of hydrogen-bond donors (Lipinski definition) is 0. The van der Waals surface area contributed by atoms with Gasteiger partial charge in [-0.3, -0.25) is 9.69 Å². The number of piperidine rings is 1. The topological polar surface area (TPSA) is 48.0 Å². The van der Waals surface area contributed by atoms with Crippen molar-refractivity contribution < 1.29 is 27.8 Å². The van der Waals surface area contributed by atoms with Crippen molar-refractivity contribution in [2.45, 2.75) is 38.3 Å². The fourth-order valence-electron chi connectivity index (χ4n) is 4.44. The van der Waals surface area contributed by atoms with Crippen molar-refractivity contribution in [3.05, 3.63) is 65.2 Å². The summed E-state index contributed by atoms with van der Waals surface area (Å²) in [6.07, 6.45) is 5.11. The average Bonchev–Trinajstić information content (AvgIpc) is 2.77. The van der Waals surface area contributed by atoms with E-state index >= 15 is 0 Å². The van der Waals surface area contributed by atoms with Gasteiger partial charge in [0.15, 0.2) is 17.4 Å². The number of likely N-dealkylation sites (tertiary alicyclic amines) is 1. The van der Waals surface area contributed by atoms with Gasteiger partial charge in [0.25, 0.3) is 0 Å². The molecule has 2 atom stereocenters. The van der Waals surface area contributed by atoms with E-state index in [-0.39, 0.29) is 31.5 Å². The van der Waals surface area contributed by atoms with Crippen LogP contribution in [0.3, 0.4) is 0 Å². The molecule has 2 aliphatic heterocycles. The second-order valence-corrected chi connectivity index (χ2v) is 8.03. The molecule has 0 aromatic heterocycles. The van der Waals surface area contributed by atoms with Gasteiger partial charge >= 0.3 is 5.97 Å². The van der Waals surface area contributed by atoms with E-state index in [4.69, 9.17) is 14.2 Å². The summed E-state index contributed by atoms with van der Waals surface area (Å²) < 4.78 is 46.0. The van der Waals surface area contributed by atoms with E-state index in [0.717, 1.165) is 11.3 Å². The number of rotatable bonds is 6. The van der Waals surface area contributed by atoms with Gasteiger partial charge in [-0.2, -0.15) is 0 Å². The Morgan fingerprint density at radius 1 is 1.19 bits per heavy atom. The Hall–Kier alpha value is -2.93. The van der Waals surface area contributed by atoms with E-state index in [1.165, 1.54) is 12.1 Å². The number of hydrogen-bond acceptors (Lipinski definition) is 5. The lowest BCUT2D eigenvalue weighted by atomic mass is 9.81. The summed E-state index contributed by atoms with van der Waals surface area (Å²) in [7, 11) is 0. The molecule has 0 amide bonds. The minimum Gasteiger partial charge on any atom is -0.488 e. The first-order chi connectivity index (χ1) is 15.4. The van der Waals surface area contributed by atoms with Crippen LogP contribution < -0.4 is 9.47 Å². The van der Waals surface area contributed by atoms with Gasteiger partial charge in [-0.1, -0.05) is 24.3 Å². The first kappa shape index (κ1) is 22.3. The molecule has 2 aromatic rings. The van der Waals surface area contributed by atoms with Crippen LogP contribution in [-0.2, 0) is 9.53 Å². The molecule has 0 bridgehead atoms. The molecule has 0 saturated carbocycles. The number of fused-ring (bicyclic) bond motifs is 1. The third-order valence-corrected chi connectivity index (χ3v) is 5.93. The van der Waals surface area contributed by atoms with Gasteiger partial charge in [-0.05, 0) is 43.7 Å². The fourth-order valence-corrected chi connectivity index (χ4v) is 4.44. The minimum atomic E-state index is -0.761. The average molecular weight is 443 g/mol. The third kappa shape index (κ3) is 4.48. The lowest BCUT2D eigenvalue weighted by Crippen LogP contribution is -2.50. The highest BCUT2D eigenvalue weighted by Crippen LogP contribution is 2.44. The molecule has 170 valence electrons. The first-order valence-corrected chi connectivity index (χ1v) is 10.9. The Bertz CT molecular complexity index is 1000. The zero-order valence-electron chi connectivity index (χ0n) is 18.3. The summed E-state index contributed by atoms with van der Waals surface area (Å²) in [5, 5.41) is 0. The lowest BCUT2D eigenvalue weighted by Gasteiger charge is -2.46. The normalized spacial score (nSPS) is 22.3. The SMILES string of the molecule is CCOC(=O)CN1CCC2(C=Cc3ccccc3O2)CC1c1cc(F)c(OCC)c(F)c1. The molecule has 1 spiro atoms. The van der Waals surface area contributed by atoms with Crippen molar-refractivity contribution in [1.29, 1.82) is 0 Å². The van der Waals surface area contributed by atoms with Gasteiger partial charge in [0.05, 0.1) is 19.8 Å². The summed E-state index contributed by atoms with van der Waals surface area (Å²) >= 11 is 0. The molecule has 2 heterocycles. The molecule has 1 fully saturated rings. The molecule has 4 rings (SSSR count). The van der Waals surface area contributed by atoms with E-state index in [2.05, 4.69) is 0 Å². The fraction of sp³-hybridized carbons (Fsp3) is 0.400. The largest absolute Gasteiger partial charge is 0.488 e. The number of ether oxygens (including phenoxy) is 3. The van der Waals surface area contributed by atoms with Crippen molar-refractivity contribution in [2.24, 2.45) is 0 Å². The molecule has 2 aromatic carbocycles. The number of halogens is 2. The van der Waals surface area contributed by atoms with Gasteiger partial charge in [0.2, 0.25) is 0 Å². The summed E-state index contributed by atoms with van der Waals surface area (Å²) in [6.45, 7) is 4.39. The summed E-state index contributed by atoms with van der Waals surface area (Å²) in [5.74, 6) is -1.50. The highest BCUT2D eigenvalue weighted by atomic mass is 19.1. The first-order valence-electron chi connectivity index (χ1n) is 10.9. The second-order valence-electron chi connectivity index (χ2n) is 8.03. The molecule has 32 heavy (non-hydrogen) atoms. The van der Waals surface area contributed by atoms with Crippen molar-refractivity contribution in [3.63, 3.8) is 0 Å². The van der Waals surface area contributed by atoms with Crippen LogP contribution in [0.2, 0.25) is 0 Å². The molecule has 1 saturated heterocycles. The molecule has 0 radical (unpaired) electrons. The zero-order valence-corrected chi connectivity index (χ0v) is 18.3. The Morgan fingerprint density at radius 3 is 2.66 bits per heavy atom. The smallest absolute Gasteiger partial charge is 0.320 e. The van der Waals surface area contributed by atoms with Crippen LogP contribution in [0, 0.1) is 11.6 Å². The number of carbonyl (C=O) groups excluding carboxylic acids is 1. The Morgan fingerprint density at radius 2 is 1.94 bits per heavy atom. The van der Waals surface area contributed by atoms with Gasteiger partial charge in [0, 0.05) is 31.0 Å². The molecule has 2 unspecified atom stereocenters. The van der Waals surface area contributed by atoms with Gasteiger partial charge in [-0.25, -0.2) is 8.78 Å². The predicted molar refractivity (Wildman–Crippen MR) is 117 cm³/mol. The molecule has 0 N–H and O–H groups in total. The van der Waals surface area contributed by atoms with E-state index in [1.54, 1.807) is 13.8 Å². The van der Waals surface area contributed by atoms with Crippen LogP contribution in [0.1, 0.15) is 43.9 Å². The van der Waals surface area contributed by atoms with Crippen molar-refractivity contribution >= 4 is 12.0 Å². The lowest BCUT2D eigenvalue weighted by molar-refractivity contribution is -0.146. The minimum absolute atomic E-state index is 0.0331. The van der Waals surface area contributed by atoms with Crippen molar-refractivity contribution in [1.82, 2.24) is 4.90 Å². The van der Waals surface area contributed by atoms with E-state index in [9.17, 15) is 13.6 Å². The van der Waals surface area contributed by atoms with Crippen LogP contribution in [0.4, 0.5) is 8.78 Å². The second kappa shape index (κ2) is 9.28. The Balaban J connectivity index is 1.67. The quantitative estimate of drug-likeness (QED) is 0.594. The van der Waals surface area contributed by atoms with Crippen LogP contribution in [0.5, 0.6) is 11.5 Å². The van der Waals surface area contributed by atoms with Crippen molar-refractivity contribution in [3.8, 4) is 11.5 Å². The highest BCUT2D eigenvalue weighted by molar-refractivity contribution is 5.71. The molecule has 5 nitrogen and oxygen atoms in total. The summed E-state index contributed by atoms with van der Waals surface area (Å²) in [4.78, 5) is 14.1. The van der Waals surface area contributed by atoms with Gasteiger partial charge in [0.1, 0.15) is 11.4 Å².